The summed E-state index contributed by atoms with van der Waals surface area (Å²) >= 11 is 3.27. The second-order valence-electron chi connectivity index (χ2n) is 3.08. The lowest BCUT2D eigenvalue weighted by Gasteiger charge is -2.16. The van der Waals surface area contributed by atoms with Crippen molar-refractivity contribution in [2.75, 3.05) is 11.5 Å². The predicted molar refractivity (Wildman–Crippen MR) is 73.1 cm³/mol. The lowest BCUT2D eigenvalue weighted by Crippen LogP contribution is -2.06. The molecule has 3 nitrogen and oxygen atoms in total. The lowest BCUT2D eigenvalue weighted by molar-refractivity contribution is 0.185. The van der Waals surface area contributed by atoms with Crippen molar-refractivity contribution >= 4 is 48.3 Å². The average Bonchev–Trinajstić information content (AvgIpc) is 2.03. The Bertz CT molecular complexity index is 183. The van der Waals surface area contributed by atoms with E-state index in [1.807, 2.05) is 13.8 Å². The SMILES string of the molecule is CCC(C)OP(=O)(O)CCCCBr.Cl.Cl. The van der Waals surface area contributed by atoms with Crippen molar-refractivity contribution < 1.29 is 14.0 Å². The zero-order valence-electron chi connectivity index (χ0n) is 9.02. The molecule has 7 heteroatoms. The fraction of sp³-hybridized carbons (Fsp3) is 1.00. The fourth-order valence-electron chi connectivity index (χ4n) is 0.815. The van der Waals surface area contributed by atoms with Gasteiger partial charge in [0.25, 0.3) is 0 Å². The van der Waals surface area contributed by atoms with Crippen molar-refractivity contribution in [1.82, 2.24) is 0 Å². The van der Waals surface area contributed by atoms with Crippen molar-refractivity contribution in [3.8, 4) is 0 Å². The molecule has 0 aromatic carbocycles. The van der Waals surface area contributed by atoms with Crippen LogP contribution in [0.15, 0.2) is 0 Å². The molecular formula is C8H20BrCl2O3P. The van der Waals surface area contributed by atoms with Gasteiger partial charge in [0.05, 0.1) is 12.3 Å². The van der Waals surface area contributed by atoms with E-state index in [2.05, 4.69) is 15.9 Å². The van der Waals surface area contributed by atoms with Crippen molar-refractivity contribution in [3.05, 3.63) is 0 Å². The van der Waals surface area contributed by atoms with E-state index in [1.165, 1.54) is 0 Å². The Morgan fingerprint density at radius 2 is 1.93 bits per heavy atom. The second-order valence-corrected chi connectivity index (χ2v) is 5.81. The van der Waals surface area contributed by atoms with Gasteiger partial charge >= 0.3 is 7.60 Å². The molecule has 0 aromatic heterocycles. The van der Waals surface area contributed by atoms with Crippen LogP contribution < -0.4 is 0 Å². The summed E-state index contributed by atoms with van der Waals surface area (Å²) in [5.41, 5.74) is 0. The Labute approximate surface area is 113 Å². The Balaban J connectivity index is -0.000000720. The molecule has 2 atom stereocenters. The van der Waals surface area contributed by atoms with Crippen LogP contribution in [0.4, 0.5) is 0 Å². The number of hydrogen-bond donors (Lipinski definition) is 1. The first-order valence-corrected chi connectivity index (χ1v) is 7.46. The van der Waals surface area contributed by atoms with Crippen molar-refractivity contribution in [2.45, 2.75) is 39.2 Å². The van der Waals surface area contributed by atoms with E-state index in [-0.39, 0.29) is 37.1 Å². The first-order chi connectivity index (χ1) is 6.02. The molecule has 15 heavy (non-hydrogen) atoms. The van der Waals surface area contributed by atoms with E-state index in [9.17, 15) is 9.46 Å². The molecule has 1 N–H and O–H groups in total. The molecule has 0 rings (SSSR count). The lowest BCUT2D eigenvalue weighted by atomic mass is 10.3. The smallest absolute Gasteiger partial charge is 0.324 e. The maximum absolute atomic E-state index is 11.4. The third kappa shape index (κ3) is 13.1. The molecule has 0 aliphatic carbocycles. The maximum atomic E-state index is 11.4. The molecule has 0 spiro atoms. The topological polar surface area (TPSA) is 46.5 Å². The summed E-state index contributed by atoms with van der Waals surface area (Å²) in [5.74, 6) is 0. The zero-order valence-corrected chi connectivity index (χ0v) is 13.1. The second kappa shape index (κ2) is 11.7. The van der Waals surface area contributed by atoms with Crippen LogP contribution in [0.2, 0.25) is 0 Å². The highest BCUT2D eigenvalue weighted by molar-refractivity contribution is 9.09. The quantitative estimate of drug-likeness (QED) is 0.431. The normalized spacial score (nSPS) is 15.7. The highest BCUT2D eigenvalue weighted by Crippen LogP contribution is 2.44. The van der Waals surface area contributed by atoms with Gasteiger partial charge in [-0.25, -0.2) is 0 Å². The number of hydrogen-bond acceptors (Lipinski definition) is 2. The average molecular weight is 346 g/mol. The van der Waals surface area contributed by atoms with Gasteiger partial charge < -0.3 is 9.42 Å². The minimum absolute atomic E-state index is 0. The van der Waals surface area contributed by atoms with E-state index in [0.717, 1.165) is 24.6 Å². The molecule has 2 unspecified atom stereocenters. The monoisotopic (exact) mass is 344 g/mol. The first kappa shape index (κ1) is 21.5. The van der Waals surface area contributed by atoms with Gasteiger partial charge in [0.15, 0.2) is 0 Å². The largest absolute Gasteiger partial charge is 0.328 e. The molecule has 0 heterocycles. The Morgan fingerprint density at radius 1 is 1.40 bits per heavy atom. The van der Waals surface area contributed by atoms with Gasteiger partial charge in [0.2, 0.25) is 0 Å². The first-order valence-electron chi connectivity index (χ1n) is 4.58. The van der Waals surface area contributed by atoms with E-state index >= 15 is 0 Å². The summed E-state index contributed by atoms with van der Waals surface area (Å²) in [6.45, 7) is 3.75. The van der Waals surface area contributed by atoms with Crippen LogP contribution in [0, 0.1) is 0 Å². The van der Waals surface area contributed by atoms with Crippen molar-refractivity contribution in [1.29, 1.82) is 0 Å². The molecule has 96 valence electrons. The molecule has 0 amide bonds. The number of alkyl halides is 1. The Kier molecular flexibility index (Phi) is 16.7. The maximum Gasteiger partial charge on any atom is 0.328 e. The predicted octanol–water partition coefficient (Wildman–Crippen LogP) is 4.01. The summed E-state index contributed by atoms with van der Waals surface area (Å²) < 4.78 is 16.4. The van der Waals surface area contributed by atoms with Crippen LogP contribution in [0.5, 0.6) is 0 Å². The third-order valence-electron chi connectivity index (χ3n) is 1.74. The molecule has 0 radical (unpaired) electrons. The number of halogens is 3. The Morgan fingerprint density at radius 3 is 2.33 bits per heavy atom. The summed E-state index contributed by atoms with van der Waals surface area (Å²) in [7, 11) is -3.32. The summed E-state index contributed by atoms with van der Waals surface area (Å²) in [6.07, 6.45) is 2.55. The number of rotatable bonds is 7. The van der Waals surface area contributed by atoms with Crippen LogP contribution >= 0.6 is 48.3 Å². The molecular weight excluding hydrogens is 326 g/mol. The summed E-state index contributed by atoms with van der Waals surface area (Å²) in [4.78, 5) is 9.36. The van der Waals surface area contributed by atoms with E-state index in [1.54, 1.807) is 0 Å². The molecule has 0 aliphatic rings. The minimum Gasteiger partial charge on any atom is -0.324 e. The molecule has 0 aromatic rings. The van der Waals surface area contributed by atoms with E-state index in [4.69, 9.17) is 4.52 Å². The zero-order chi connectivity index (χ0) is 10.3. The van der Waals surface area contributed by atoms with Crippen LogP contribution in [-0.2, 0) is 9.09 Å². The van der Waals surface area contributed by atoms with Gasteiger partial charge in [0, 0.05) is 5.33 Å². The van der Waals surface area contributed by atoms with Crippen LogP contribution in [0.25, 0.3) is 0 Å². The molecule has 0 aliphatic heterocycles. The fourth-order valence-corrected chi connectivity index (χ4v) is 2.65. The highest BCUT2D eigenvalue weighted by atomic mass is 79.9. The van der Waals surface area contributed by atoms with Crippen LogP contribution in [0.1, 0.15) is 33.1 Å². The van der Waals surface area contributed by atoms with Gasteiger partial charge in [-0.15, -0.1) is 24.8 Å². The van der Waals surface area contributed by atoms with Crippen LogP contribution in [-0.4, -0.2) is 22.5 Å². The third-order valence-corrected chi connectivity index (χ3v) is 3.88. The van der Waals surface area contributed by atoms with Gasteiger partial charge in [0.1, 0.15) is 0 Å². The summed E-state index contributed by atoms with van der Waals surface area (Å²) in [5, 5.41) is 0.871. The van der Waals surface area contributed by atoms with Gasteiger partial charge in [-0.1, -0.05) is 22.9 Å². The van der Waals surface area contributed by atoms with Gasteiger partial charge in [-0.05, 0) is 26.2 Å². The van der Waals surface area contributed by atoms with Crippen molar-refractivity contribution in [2.24, 2.45) is 0 Å². The standard InChI is InChI=1S/C8H18BrO3P.2ClH/c1-3-8(2)12-13(10,11)7-5-4-6-9;;/h8H,3-7H2,1-2H3,(H,10,11);2*1H. The van der Waals surface area contributed by atoms with Crippen LogP contribution in [0.3, 0.4) is 0 Å². The minimum atomic E-state index is -3.32. The van der Waals surface area contributed by atoms with Crippen molar-refractivity contribution in [3.63, 3.8) is 0 Å². The molecule has 0 bridgehead atoms. The van der Waals surface area contributed by atoms with Gasteiger partial charge in [-0.3, -0.25) is 4.57 Å². The molecule has 0 fully saturated rings. The van der Waals surface area contributed by atoms with Gasteiger partial charge in [-0.2, -0.15) is 0 Å². The Hall–Kier alpha value is 1.21. The molecule has 0 saturated carbocycles. The summed E-state index contributed by atoms with van der Waals surface area (Å²) in [6, 6.07) is 0. The number of unbranched alkanes of at least 4 members (excludes halogenated alkanes) is 1. The van der Waals surface area contributed by atoms with E-state index in [0.29, 0.717) is 0 Å². The highest BCUT2D eigenvalue weighted by Gasteiger charge is 2.20. The molecule has 0 saturated heterocycles. The van der Waals surface area contributed by atoms with E-state index < -0.39 is 7.60 Å².